The van der Waals surface area contributed by atoms with E-state index in [9.17, 15) is 13.2 Å². The number of rotatable bonds is 7. The number of likely N-dealkylation sites (N-methyl/N-ethyl adjacent to an activating group) is 1. The first-order valence-corrected chi connectivity index (χ1v) is 11.6. The minimum Gasteiger partial charge on any atom is -0.361 e. The fourth-order valence-electron chi connectivity index (χ4n) is 3.64. The fourth-order valence-corrected chi connectivity index (χ4v) is 5.18. The molecule has 9 heteroatoms. The maximum absolute atomic E-state index is 12.9. The van der Waals surface area contributed by atoms with Gasteiger partial charge in [0.1, 0.15) is 5.76 Å². The molecule has 0 aliphatic carbocycles. The molecule has 0 radical (unpaired) electrons. The van der Waals surface area contributed by atoms with Gasteiger partial charge in [-0.2, -0.15) is 4.31 Å². The molecule has 1 saturated heterocycles. The molecule has 8 nitrogen and oxygen atoms in total. The lowest BCUT2D eigenvalue weighted by molar-refractivity contribution is -0.117. The first-order chi connectivity index (χ1) is 14.2. The molecule has 1 aliphatic rings. The van der Waals surface area contributed by atoms with Crippen LogP contribution in [0.3, 0.4) is 0 Å². The lowest BCUT2D eigenvalue weighted by Gasteiger charge is -2.26. The molecule has 1 fully saturated rings. The number of hydrogen-bond acceptors (Lipinski definition) is 6. The van der Waals surface area contributed by atoms with Crippen molar-refractivity contribution in [2.75, 3.05) is 32.0 Å². The third-order valence-electron chi connectivity index (χ3n) is 5.46. The Hall–Kier alpha value is -2.23. The standard InChI is InChI=1S/C21H30N4O4S/c1-15-8-9-18(30(27,28)25-10-6-5-7-11-25)12-20(15)22-21(26)14-24(4)13-19-16(2)23-29-17(19)3/h8-9,12H,5-7,10-11,13-14H2,1-4H3,(H,22,26). The van der Waals surface area contributed by atoms with Crippen molar-refractivity contribution in [1.82, 2.24) is 14.4 Å². The van der Waals surface area contributed by atoms with Gasteiger partial charge in [0.25, 0.3) is 0 Å². The van der Waals surface area contributed by atoms with Crippen molar-refractivity contribution >= 4 is 21.6 Å². The van der Waals surface area contributed by atoms with Crippen molar-refractivity contribution in [3.05, 3.63) is 40.8 Å². The molecular formula is C21H30N4O4S. The summed E-state index contributed by atoms with van der Waals surface area (Å²) in [6, 6.07) is 4.91. The summed E-state index contributed by atoms with van der Waals surface area (Å²) in [5.74, 6) is 0.533. The van der Waals surface area contributed by atoms with Crippen molar-refractivity contribution in [1.29, 1.82) is 0 Å². The van der Waals surface area contributed by atoms with Gasteiger partial charge in [-0.1, -0.05) is 17.6 Å². The molecule has 1 aliphatic heterocycles. The van der Waals surface area contributed by atoms with Gasteiger partial charge in [-0.25, -0.2) is 8.42 Å². The number of sulfonamides is 1. The minimum atomic E-state index is -3.55. The van der Waals surface area contributed by atoms with Crippen LogP contribution in [-0.2, 0) is 21.4 Å². The van der Waals surface area contributed by atoms with Crippen molar-refractivity contribution < 1.29 is 17.7 Å². The van der Waals surface area contributed by atoms with Gasteiger partial charge in [0, 0.05) is 30.9 Å². The van der Waals surface area contributed by atoms with Crippen LogP contribution in [0.2, 0.25) is 0 Å². The van der Waals surface area contributed by atoms with Gasteiger partial charge in [0.05, 0.1) is 17.1 Å². The van der Waals surface area contributed by atoms with E-state index >= 15 is 0 Å². The van der Waals surface area contributed by atoms with E-state index in [0.717, 1.165) is 41.8 Å². The molecule has 164 valence electrons. The van der Waals surface area contributed by atoms with Gasteiger partial charge < -0.3 is 9.84 Å². The highest BCUT2D eigenvalue weighted by Gasteiger charge is 2.26. The number of aryl methyl sites for hydroxylation is 3. The Balaban J connectivity index is 1.68. The zero-order chi connectivity index (χ0) is 21.9. The molecule has 0 saturated carbocycles. The second-order valence-electron chi connectivity index (χ2n) is 7.96. The summed E-state index contributed by atoms with van der Waals surface area (Å²) < 4.78 is 32.6. The van der Waals surface area contributed by atoms with Crippen LogP contribution in [0.5, 0.6) is 0 Å². The normalized spacial score (nSPS) is 15.5. The summed E-state index contributed by atoms with van der Waals surface area (Å²) in [6.45, 7) is 7.36. The van der Waals surface area contributed by atoms with Crippen LogP contribution in [0.4, 0.5) is 5.69 Å². The van der Waals surface area contributed by atoms with Gasteiger partial charge in [-0.3, -0.25) is 9.69 Å². The van der Waals surface area contributed by atoms with Crippen molar-refractivity contribution in [3.63, 3.8) is 0 Å². The summed E-state index contributed by atoms with van der Waals surface area (Å²) in [6.07, 6.45) is 2.82. The number of anilines is 1. The number of aromatic nitrogens is 1. The van der Waals surface area contributed by atoms with E-state index in [-0.39, 0.29) is 17.3 Å². The molecule has 1 amide bonds. The van der Waals surface area contributed by atoms with E-state index < -0.39 is 10.0 Å². The largest absolute Gasteiger partial charge is 0.361 e. The molecule has 0 unspecified atom stereocenters. The lowest BCUT2D eigenvalue weighted by atomic mass is 10.2. The summed E-state index contributed by atoms with van der Waals surface area (Å²) in [4.78, 5) is 14.7. The molecule has 2 aromatic rings. The van der Waals surface area contributed by atoms with E-state index in [4.69, 9.17) is 4.52 Å². The maximum atomic E-state index is 12.9. The highest BCUT2D eigenvalue weighted by atomic mass is 32.2. The van der Waals surface area contributed by atoms with Crippen molar-refractivity contribution in [2.45, 2.75) is 51.5 Å². The quantitative estimate of drug-likeness (QED) is 0.720. The summed E-state index contributed by atoms with van der Waals surface area (Å²) >= 11 is 0. The fraction of sp³-hybridized carbons (Fsp3) is 0.524. The SMILES string of the molecule is Cc1ccc(S(=O)(=O)N2CCCCC2)cc1NC(=O)CN(C)Cc1c(C)noc1C. The Bertz CT molecular complexity index is 991. The molecule has 2 heterocycles. The molecule has 0 bridgehead atoms. The van der Waals surface area contributed by atoms with E-state index in [0.29, 0.717) is 25.3 Å². The number of nitrogens with zero attached hydrogens (tertiary/aromatic N) is 3. The first kappa shape index (κ1) is 22.5. The molecule has 1 aromatic heterocycles. The Labute approximate surface area is 178 Å². The second-order valence-corrected chi connectivity index (χ2v) is 9.90. The number of carbonyl (C=O) groups excluding carboxylic acids is 1. The van der Waals surface area contributed by atoms with Crippen LogP contribution in [0.25, 0.3) is 0 Å². The maximum Gasteiger partial charge on any atom is 0.243 e. The Morgan fingerprint density at radius 2 is 1.90 bits per heavy atom. The number of nitrogens with one attached hydrogen (secondary N) is 1. The average Bonchev–Trinajstić information content (AvgIpc) is 3.02. The van der Waals surface area contributed by atoms with E-state index in [1.165, 1.54) is 4.31 Å². The van der Waals surface area contributed by atoms with Gasteiger partial charge in [0.2, 0.25) is 15.9 Å². The minimum absolute atomic E-state index is 0.159. The van der Waals surface area contributed by atoms with E-state index in [2.05, 4.69) is 10.5 Å². The number of hydrogen-bond donors (Lipinski definition) is 1. The number of benzene rings is 1. The van der Waals surface area contributed by atoms with Crippen LogP contribution in [-0.4, -0.2) is 55.4 Å². The summed E-state index contributed by atoms with van der Waals surface area (Å²) in [5.41, 5.74) is 3.11. The molecule has 0 spiro atoms. The van der Waals surface area contributed by atoms with Crippen LogP contribution in [0, 0.1) is 20.8 Å². The third-order valence-corrected chi connectivity index (χ3v) is 7.35. The van der Waals surface area contributed by atoms with Crippen molar-refractivity contribution in [2.24, 2.45) is 0 Å². The third kappa shape index (κ3) is 5.08. The summed E-state index contributed by atoms with van der Waals surface area (Å²) in [7, 11) is -1.71. The predicted octanol–water partition coefficient (Wildman–Crippen LogP) is 2.84. The molecule has 1 N–H and O–H groups in total. The molecule has 0 atom stereocenters. The topological polar surface area (TPSA) is 95.8 Å². The Morgan fingerprint density at radius 1 is 1.20 bits per heavy atom. The first-order valence-electron chi connectivity index (χ1n) is 10.2. The van der Waals surface area contributed by atoms with E-state index in [1.54, 1.807) is 18.2 Å². The number of amides is 1. The number of carbonyl (C=O) groups is 1. The Kier molecular flexibility index (Phi) is 6.95. The Morgan fingerprint density at radius 3 is 2.53 bits per heavy atom. The van der Waals surface area contributed by atoms with Crippen molar-refractivity contribution in [3.8, 4) is 0 Å². The zero-order valence-electron chi connectivity index (χ0n) is 18.1. The lowest BCUT2D eigenvalue weighted by Crippen LogP contribution is -2.35. The zero-order valence-corrected chi connectivity index (χ0v) is 18.9. The van der Waals surface area contributed by atoms with Crippen LogP contribution in [0.1, 0.15) is 41.8 Å². The van der Waals surface area contributed by atoms with Gasteiger partial charge in [0.15, 0.2) is 0 Å². The summed E-state index contributed by atoms with van der Waals surface area (Å²) in [5, 5.41) is 6.80. The molecule has 30 heavy (non-hydrogen) atoms. The van der Waals surface area contributed by atoms with Crippen LogP contribution in [0.15, 0.2) is 27.6 Å². The predicted molar refractivity (Wildman–Crippen MR) is 115 cm³/mol. The molecular weight excluding hydrogens is 404 g/mol. The molecule has 3 rings (SSSR count). The smallest absolute Gasteiger partial charge is 0.243 e. The van der Waals surface area contributed by atoms with E-state index in [1.807, 2.05) is 32.7 Å². The van der Waals surface area contributed by atoms with Crippen LogP contribution >= 0.6 is 0 Å². The van der Waals surface area contributed by atoms with Gasteiger partial charge >= 0.3 is 0 Å². The monoisotopic (exact) mass is 434 g/mol. The number of piperidine rings is 1. The highest BCUT2D eigenvalue weighted by Crippen LogP contribution is 2.25. The van der Waals surface area contributed by atoms with Gasteiger partial charge in [-0.15, -0.1) is 0 Å². The van der Waals surface area contributed by atoms with Gasteiger partial charge in [-0.05, 0) is 58.4 Å². The second kappa shape index (κ2) is 9.28. The highest BCUT2D eigenvalue weighted by molar-refractivity contribution is 7.89. The molecule has 1 aromatic carbocycles. The van der Waals surface area contributed by atoms with Crippen LogP contribution < -0.4 is 5.32 Å². The average molecular weight is 435 g/mol.